The number of aldehydes is 1. The molecule has 0 saturated heterocycles. The molecule has 0 aliphatic carbocycles. The highest BCUT2D eigenvalue weighted by Crippen LogP contribution is 2.13. The summed E-state index contributed by atoms with van der Waals surface area (Å²) in [6.07, 6.45) is 5.74. The Kier molecular flexibility index (Phi) is 5.70. The largest absolute Gasteiger partial charge is 0.298 e. The van der Waals surface area contributed by atoms with Crippen LogP contribution < -0.4 is 0 Å². The van der Waals surface area contributed by atoms with Crippen molar-refractivity contribution in [2.75, 3.05) is 5.75 Å². The predicted octanol–water partition coefficient (Wildman–Crippen LogP) is 3.49. The summed E-state index contributed by atoms with van der Waals surface area (Å²) in [6, 6.07) is 5.62. The monoisotopic (exact) mass is 248 g/mol. The van der Waals surface area contributed by atoms with Crippen molar-refractivity contribution in [3.05, 3.63) is 41.0 Å². The Labute approximate surface area is 106 Å². The maximum atomic E-state index is 10.7. The molecule has 0 saturated carbocycles. The third-order valence-electron chi connectivity index (χ3n) is 2.33. The van der Waals surface area contributed by atoms with Gasteiger partial charge >= 0.3 is 0 Å². The Bertz CT molecular complexity index is 436. The highest BCUT2D eigenvalue weighted by Gasteiger charge is 1.96. The molecule has 1 aromatic rings. The first kappa shape index (κ1) is 13.7. The number of carbonyl (C=O) groups is 2. The molecule has 0 amide bonds. The molecule has 0 radical (unpaired) electrons. The van der Waals surface area contributed by atoms with Gasteiger partial charge in [-0.05, 0) is 30.5 Å². The summed E-state index contributed by atoms with van der Waals surface area (Å²) >= 11 is 1.33. The third-order valence-corrected chi connectivity index (χ3v) is 3.17. The molecule has 0 fully saturated rings. The Balaban J connectivity index is 2.58. The lowest BCUT2D eigenvalue weighted by Gasteiger charge is -2.01. The fourth-order valence-corrected chi connectivity index (χ4v) is 1.93. The van der Waals surface area contributed by atoms with E-state index in [0.717, 1.165) is 29.6 Å². The molecular weight excluding hydrogens is 232 g/mol. The summed E-state index contributed by atoms with van der Waals surface area (Å²) in [5, 5.41) is 0.150. The van der Waals surface area contributed by atoms with Crippen molar-refractivity contribution in [1.82, 2.24) is 0 Å². The summed E-state index contributed by atoms with van der Waals surface area (Å²) in [5.41, 5.74) is 2.89. The van der Waals surface area contributed by atoms with Gasteiger partial charge in [-0.1, -0.05) is 36.0 Å². The van der Waals surface area contributed by atoms with Crippen LogP contribution in [0.3, 0.4) is 0 Å². The number of hydrogen-bond donors (Lipinski definition) is 0. The smallest absolute Gasteiger partial charge is 0.185 e. The number of aryl methyl sites for hydroxylation is 1. The van der Waals surface area contributed by atoms with Gasteiger partial charge in [0.25, 0.3) is 0 Å². The summed E-state index contributed by atoms with van der Waals surface area (Å²) in [4.78, 5) is 21.4. The molecule has 0 spiro atoms. The van der Waals surface area contributed by atoms with Crippen LogP contribution in [-0.2, 0) is 4.79 Å². The first-order valence-electron chi connectivity index (χ1n) is 5.49. The number of benzene rings is 1. The van der Waals surface area contributed by atoms with Crippen LogP contribution in [0.2, 0.25) is 0 Å². The minimum absolute atomic E-state index is 0.150. The molecule has 0 bridgehead atoms. The van der Waals surface area contributed by atoms with Gasteiger partial charge in [0.05, 0.1) is 0 Å². The van der Waals surface area contributed by atoms with Gasteiger partial charge in [0, 0.05) is 18.2 Å². The molecule has 0 aliphatic heterocycles. The molecule has 0 N–H and O–H groups in total. The molecule has 0 unspecified atom stereocenters. The molecule has 1 aromatic carbocycles. The minimum atomic E-state index is 0.150. The molecule has 1 rings (SSSR count). The van der Waals surface area contributed by atoms with Crippen molar-refractivity contribution in [2.45, 2.75) is 20.3 Å². The van der Waals surface area contributed by atoms with E-state index in [9.17, 15) is 9.59 Å². The fraction of sp³-hybridized carbons (Fsp3) is 0.286. The Hall–Kier alpha value is -1.35. The average Bonchev–Trinajstić information content (AvgIpc) is 2.30. The van der Waals surface area contributed by atoms with Crippen molar-refractivity contribution >= 4 is 29.2 Å². The zero-order valence-corrected chi connectivity index (χ0v) is 10.9. The van der Waals surface area contributed by atoms with E-state index >= 15 is 0 Å². The van der Waals surface area contributed by atoms with Crippen molar-refractivity contribution in [1.29, 1.82) is 0 Å². The van der Waals surface area contributed by atoms with Gasteiger partial charge in [-0.25, -0.2) is 0 Å². The molecule has 2 nitrogen and oxygen atoms in total. The molecular formula is C14H16O2S. The zero-order chi connectivity index (χ0) is 12.7. The van der Waals surface area contributed by atoms with Crippen LogP contribution in [-0.4, -0.2) is 17.2 Å². The third kappa shape index (κ3) is 5.00. The molecule has 0 aromatic heterocycles. The Morgan fingerprint density at radius 1 is 1.41 bits per heavy atom. The van der Waals surface area contributed by atoms with Gasteiger partial charge in [-0.3, -0.25) is 9.59 Å². The Morgan fingerprint density at radius 2 is 2.18 bits per heavy atom. The highest BCUT2D eigenvalue weighted by molar-refractivity contribution is 8.13. The van der Waals surface area contributed by atoms with Gasteiger partial charge in [0.15, 0.2) is 5.12 Å². The number of allylic oxidation sites excluding steroid dienone is 1. The van der Waals surface area contributed by atoms with Crippen LogP contribution in [0.1, 0.15) is 34.8 Å². The highest BCUT2D eigenvalue weighted by atomic mass is 32.2. The van der Waals surface area contributed by atoms with E-state index in [1.807, 2.05) is 37.3 Å². The van der Waals surface area contributed by atoms with E-state index < -0.39 is 0 Å². The van der Waals surface area contributed by atoms with E-state index in [-0.39, 0.29) is 5.12 Å². The summed E-state index contributed by atoms with van der Waals surface area (Å²) in [5.74, 6) is 0.804. The predicted molar refractivity (Wildman–Crippen MR) is 73.4 cm³/mol. The molecule has 3 heteroatoms. The Morgan fingerprint density at radius 3 is 2.82 bits per heavy atom. The normalized spacial score (nSPS) is 10.7. The molecule has 17 heavy (non-hydrogen) atoms. The van der Waals surface area contributed by atoms with Crippen LogP contribution in [0.15, 0.2) is 24.3 Å². The van der Waals surface area contributed by atoms with Gasteiger partial charge in [0.1, 0.15) is 6.29 Å². The maximum Gasteiger partial charge on any atom is 0.185 e. The van der Waals surface area contributed by atoms with Gasteiger partial charge in [-0.2, -0.15) is 0 Å². The lowest BCUT2D eigenvalue weighted by molar-refractivity contribution is -0.109. The van der Waals surface area contributed by atoms with Gasteiger partial charge in [0.2, 0.25) is 0 Å². The van der Waals surface area contributed by atoms with E-state index in [1.54, 1.807) is 6.92 Å². The fourth-order valence-electron chi connectivity index (χ4n) is 1.39. The summed E-state index contributed by atoms with van der Waals surface area (Å²) in [7, 11) is 0. The second kappa shape index (κ2) is 7.07. The van der Waals surface area contributed by atoms with Gasteiger partial charge in [-0.15, -0.1) is 0 Å². The number of carbonyl (C=O) groups excluding carboxylic acids is 2. The first-order valence-corrected chi connectivity index (χ1v) is 6.48. The molecule has 0 aliphatic rings. The molecule has 0 heterocycles. The topological polar surface area (TPSA) is 34.1 Å². The lowest BCUT2D eigenvalue weighted by atomic mass is 10.1. The van der Waals surface area contributed by atoms with E-state index in [0.29, 0.717) is 5.56 Å². The lowest BCUT2D eigenvalue weighted by Crippen LogP contribution is -1.86. The SMILES string of the molecule is CC(=O)SCCC=Cc1cc(C=O)ccc1C. The van der Waals surface area contributed by atoms with Crippen LogP contribution in [0.5, 0.6) is 0 Å². The number of thioether (sulfide) groups is 1. The van der Waals surface area contributed by atoms with E-state index in [2.05, 4.69) is 0 Å². The van der Waals surface area contributed by atoms with E-state index in [4.69, 9.17) is 0 Å². The van der Waals surface area contributed by atoms with Crippen LogP contribution >= 0.6 is 11.8 Å². The van der Waals surface area contributed by atoms with Crippen LogP contribution in [0.25, 0.3) is 6.08 Å². The second-order valence-electron chi connectivity index (χ2n) is 3.76. The van der Waals surface area contributed by atoms with Crippen molar-refractivity contribution in [3.8, 4) is 0 Å². The quantitative estimate of drug-likeness (QED) is 0.591. The minimum Gasteiger partial charge on any atom is -0.298 e. The molecule has 0 atom stereocenters. The van der Waals surface area contributed by atoms with E-state index in [1.165, 1.54) is 11.8 Å². The van der Waals surface area contributed by atoms with Crippen molar-refractivity contribution in [3.63, 3.8) is 0 Å². The van der Waals surface area contributed by atoms with Crippen molar-refractivity contribution < 1.29 is 9.59 Å². The summed E-state index contributed by atoms with van der Waals surface area (Å²) in [6.45, 7) is 3.59. The maximum absolute atomic E-state index is 10.7. The van der Waals surface area contributed by atoms with Crippen molar-refractivity contribution in [2.24, 2.45) is 0 Å². The number of hydrogen-bond acceptors (Lipinski definition) is 3. The zero-order valence-electron chi connectivity index (χ0n) is 10.1. The van der Waals surface area contributed by atoms with Crippen LogP contribution in [0, 0.1) is 6.92 Å². The second-order valence-corrected chi connectivity index (χ2v) is 5.04. The summed E-state index contributed by atoms with van der Waals surface area (Å²) < 4.78 is 0. The first-order chi connectivity index (χ1) is 8.13. The molecule has 90 valence electrons. The van der Waals surface area contributed by atoms with Gasteiger partial charge < -0.3 is 0 Å². The number of rotatable bonds is 5. The standard InChI is InChI=1S/C14H16O2S/c1-11-6-7-13(10-15)9-14(11)5-3-4-8-17-12(2)16/h3,5-7,9-10H,4,8H2,1-2H3. The average molecular weight is 248 g/mol. The van der Waals surface area contributed by atoms with Crippen LogP contribution in [0.4, 0.5) is 0 Å².